The highest BCUT2D eigenvalue weighted by molar-refractivity contribution is 5.96. The Bertz CT molecular complexity index is 1340. The molecular formula is C31H37N3O3. The molecular weight excluding hydrogens is 462 g/mol. The van der Waals surface area contributed by atoms with Gasteiger partial charge in [0.05, 0.1) is 18.9 Å². The minimum atomic E-state index is -0.0821. The van der Waals surface area contributed by atoms with Crippen molar-refractivity contribution in [3.05, 3.63) is 99.5 Å². The van der Waals surface area contributed by atoms with E-state index in [1.165, 1.54) is 40.9 Å². The number of rotatable bonds is 9. The van der Waals surface area contributed by atoms with Crippen LogP contribution in [-0.2, 0) is 24.3 Å². The number of ketones is 1. The van der Waals surface area contributed by atoms with Gasteiger partial charge in [0.1, 0.15) is 12.4 Å². The predicted octanol–water partition coefficient (Wildman–Crippen LogP) is 6.23. The minimum Gasteiger partial charge on any atom is -0.488 e. The van der Waals surface area contributed by atoms with E-state index < -0.39 is 0 Å². The first-order valence-corrected chi connectivity index (χ1v) is 12.8. The van der Waals surface area contributed by atoms with Gasteiger partial charge in [-0.1, -0.05) is 36.9 Å². The van der Waals surface area contributed by atoms with Gasteiger partial charge >= 0.3 is 0 Å². The van der Waals surface area contributed by atoms with E-state index in [1.54, 1.807) is 11.8 Å². The molecule has 2 heterocycles. The SMILES string of the molecule is C=C(/C=C\C=C(/C)n1ncc(C(C)=O)c1OC)C1=CCCC(C)=C1OCc1ccc2c(c1C)CCNC2. The van der Waals surface area contributed by atoms with Crippen molar-refractivity contribution in [2.24, 2.45) is 0 Å². The summed E-state index contributed by atoms with van der Waals surface area (Å²) in [5, 5.41) is 7.76. The van der Waals surface area contributed by atoms with Crippen molar-refractivity contribution < 1.29 is 14.3 Å². The lowest BCUT2D eigenvalue weighted by Crippen LogP contribution is -2.24. The van der Waals surface area contributed by atoms with Crippen molar-refractivity contribution in [2.45, 2.75) is 60.1 Å². The molecule has 2 aromatic rings. The fourth-order valence-corrected chi connectivity index (χ4v) is 4.96. The zero-order valence-electron chi connectivity index (χ0n) is 22.6. The maximum absolute atomic E-state index is 11.8. The highest BCUT2D eigenvalue weighted by atomic mass is 16.5. The Morgan fingerprint density at radius 1 is 1.24 bits per heavy atom. The number of allylic oxidation sites excluding steroid dienone is 7. The molecule has 1 aliphatic heterocycles. The third-order valence-corrected chi connectivity index (χ3v) is 7.16. The maximum Gasteiger partial charge on any atom is 0.227 e. The molecule has 0 fully saturated rings. The summed E-state index contributed by atoms with van der Waals surface area (Å²) in [4.78, 5) is 11.8. The van der Waals surface area contributed by atoms with E-state index in [0.717, 1.165) is 55.0 Å². The van der Waals surface area contributed by atoms with Crippen LogP contribution in [0.2, 0.25) is 0 Å². The molecule has 0 bridgehead atoms. The zero-order chi connectivity index (χ0) is 26.5. The van der Waals surface area contributed by atoms with Crippen LogP contribution in [0.3, 0.4) is 0 Å². The molecule has 194 valence electrons. The molecule has 4 rings (SSSR count). The summed E-state index contributed by atoms with van der Waals surface area (Å²) in [6.07, 6.45) is 12.6. The zero-order valence-corrected chi connectivity index (χ0v) is 22.6. The van der Waals surface area contributed by atoms with Crippen molar-refractivity contribution in [1.29, 1.82) is 0 Å². The van der Waals surface area contributed by atoms with Gasteiger partial charge in [0.2, 0.25) is 5.88 Å². The summed E-state index contributed by atoms with van der Waals surface area (Å²) in [6, 6.07) is 4.43. The second kappa shape index (κ2) is 11.6. The second-order valence-electron chi connectivity index (χ2n) is 9.70. The van der Waals surface area contributed by atoms with E-state index in [0.29, 0.717) is 18.1 Å². The molecule has 6 nitrogen and oxygen atoms in total. The number of benzene rings is 1. The van der Waals surface area contributed by atoms with Gasteiger partial charge in [-0.15, -0.1) is 0 Å². The standard InChI is InChI=1S/C31H37N3O3/c1-20(9-7-11-22(3)34-31(36-6)29(18-33-34)24(5)35)27-12-8-10-21(2)30(27)37-19-26-14-13-25-17-32-16-15-28(25)23(26)4/h7,9,11-14,18,32H,1,8,10,15-17,19H2,2-6H3/b9-7-,22-11+. The second-order valence-corrected chi connectivity index (χ2v) is 9.70. The van der Waals surface area contributed by atoms with E-state index in [1.807, 2.05) is 25.2 Å². The summed E-state index contributed by atoms with van der Waals surface area (Å²) in [5.41, 5.74) is 9.92. The molecule has 0 amide bonds. The summed E-state index contributed by atoms with van der Waals surface area (Å²) >= 11 is 0. The number of Topliss-reactive ketones (excluding diaryl/α,β-unsaturated/α-hetero) is 1. The first kappa shape index (κ1) is 26.4. The molecule has 0 saturated carbocycles. The molecule has 1 aromatic carbocycles. The normalized spacial score (nSPS) is 16.0. The first-order chi connectivity index (χ1) is 17.8. The molecule has 2 aliphatic rings. The Kier molecular flexibility index (Phi) is 8.29. The molecule has 37 heavy (non-hydrogen) atoms. The Morgan fingerprint density at radius 2 is 2.05 bits per heavy atom. The van der Waals surface area contributed by atoms with Crippen molar-refractivity contribution >= 4 is 11.5 Å². The molecule has 6 heteroatoms. The fraction of sp³-hybridized carbons (Fsp3) is 0.355. The van der Waals surface area contributed by atoms with Crippen molar-refractivity contribution in [3.63, 3.8) is 0 Å². The molecule has 1 aliphatic carbocycles. The monoisotopic (exact) mass is 499 g/mol. The number of ether oxygens (including phenoxy) is 2. The van der Waals surface area contributed by atoms with Crippen LogP contribution < -0.4 is 10.1 Å². The van der Waals surface area contributed by atoms with Gasteiger partial charge in [0, 0.05) is 17.8 Å². The van der Waals surface area contributed by atoms with Gasteiger partial charge in [-0.2, -0.15) is 5.10 Å². The first-order valence-electron chi connectivity index (χ1n) is 12.8. The van der Waals surface area contributed by atoms with Gasteiger partial charge in [0.25, 0.3) is 0 Å². The van der Waals surface area contributed by atoms with Gasteiger partial charge in [-0.3, -0.25) is 4.79 Å². The van der Waals surface area contributed by atoms with Gasteiger partial charge in [-0.25, -0.2) is 4.68 Å². The van der Waals surface area contributed by atoms with E-state index in [-0.39, 0.29) is 5.78 Å². The molecule has 0 spiro atoms. The fourth-order valence-electron chi connectivity index (χ4n) is 4.96. The van der Waals surface area contributed by atoms with Gasteiger partial charge < -0.3 is 14.8 Å². The highest BCUT2D eigenvalue weighted by Crippen LogP contribution is 2.32. The number of nitrogens with one attached hydrogen (secondary N) is 1. The number of methoxy groups -OCH3 is 1. The number of fused-ring (bicyclic) bond motifs is 1. The van der Waals surface area contributed by atoms with E-state index in [9.17, 15) is 4.79 Å². The van der Waals surface area contributed by atoms with Crippen LogP contribution in [0.15, 0.2) is 71.7 Å². The molecule has 0 saturated heterocycles. The van der Waals surface area contributed by atoms with Crippen LogP contribution in [0.4, 0.5) is 0 Å². The van der Waals surface area contributed by atoms with Crippen LogP contribution in [0, 0.1) is 6.92 Å². The smallest absolute Gasteiger partial charge is 0.227 e. The van der Waals surface area contributed by atoms with Crippen molar-refractivity contribution in [3.8, 4) is 5.88 Å². The highest BCUT2D eigenvalue weighted by Gasteiger charge is 2.19. The van der Waals surface area contributed by atoms with Gasteiger partial charge in [-0.05, 0) is 93.0 Å². The predicted molar refractivity (Wildman–Crippen MR) is 148 cm³/mol. The summed E-state index contributed by atoms with van der Waals surface area (Å²) in [7, 11) is 1.54. The summed E-state index contributed by atoms with van der Waals surface area (Å²) in [6.45, 7) is 14.6. The number of nitrogens with zero attached hydrogens (tertiary/aromatic N) is 2. The molecule has 1 N–H and O–H groups in total. The largest absolute Gasteiger partial charge is 0.488 e. The molecule has 0 unspecified atom stereocenters. The Balaban J connectivity index is 1.48. The minimum absolute atomic E-state index is 0.0821. The average molecular weight is 500 g/mol. The molecule has 1 aromatic heterocycles. The molecule has 0 atom stereocenters. The van der Waals surface area contributed by atoms with E-state index in [4.69, 9.17) is 9.47 Å². The van der Waals surface area contributed by atoms with E-state index >= 15 is 0 Å². The number of carbonyl (C=O) groups is 1. The lowest BCUT2D eigenvalue weighted by atomic mass is 9.92. The third-order valence-electron chi connectivity index (χ3n) is 7.16. The molecule has 0 radical (unpaired) electrons. The number of hydrogen-bond donors (Lipinski definition) is 1. The van der Waals surface area contributed by atoms with Crippen molar-refractivity contribution in [1.82, 2.24) is 15.1 Å². The lowest BCUT2D eigenvalue weighted by Gasteiger charge is -2.24. The lowest BCUT2D eigenvalue weighted by molar-refractivity contribution is 0.101. The van der Waals surface area contributed by atoms with E-state index in [2.05, 4.69) is 49.1 Å². The van der Waals surface area contributed by atoms with Crippen LogP contribution in [-0.4, -0.2) is 29.2 Å². The van der Waals surface area contributed by atoms with Crippen LogP contribution in [0.5, 0.6) is 5.88 Å². The number of carbonyl (C=O) groups excluding carboxylic acids is 1. The Morgan fingerprint density at radius 3 is 2.81 bits per heavy atom. The average Bonchev–Trinajstić information content (AvgIpc) is 3.33. The summed E-state index contributed by atoms with van der Waals surface area (Å²) < 4.78 is 13.5. The van der Waals surface area contributed by atoms with Gasteiger partial charge in [0.15, 0.2) is 5.78 Å². The third kappa shape index (κ3) is 5.70. The summed E-state index contributed by atoms with van der Waals surface area (Å²) in [5.74, 6) is 1.29. The van der Waals surface area contributed by atoms with Crippen LogP contribution in [0.1, 0.15) is 66.2 Å². The Labute approximate surface area is 220 Å². The number of aromatic nitrogens is 2. The topological polar surface area (TPSA) is 65.4 Å². The van der Waals surface area contributed by atoms with Crippen molar-refractivity contribution in [2.75, 3.05) is 13.7 Å². The quantitative estimate of drug-likeness (QED) is 0.327. The maximum atomic E-state index is 11.8. The van der Waals surface area contributed by atoms with Crippen LogP contribution >= 0.6 is 0 Å². The number of hydrogen-bond acceptors (Lipinski definition) is 5. The Hall–Kier alpha value is -3.64. The van der Waals surface area contributed by atoms with Crippen LogP contribution in [0.25, 0.3) is 5.70 Å².